The SMILES string of the molecule is Cc1[nH]c2ccccc2c1C=NNc1ccnc2cc(Cl)ccc12. The maximum Gasteiger partial charge on any atom is 0.0738 e. The van der Waals surface area contributed by atoms with Crippen LogP contribution in [0.4, 0.5) is 5.69 Å². The highest BCUT2D eigenvalue weighted by Crippen LogP contribution is 2.24. The van der Waals surface area contributed by atoms with Gasteiger partial charge in [-0.15, -0.1) is 0 Å². The predicted molar refractivity (Wildman–Crippen MR) is 101 cm³/mol. The quantitative estimate of drug-likeness (QED) is 0.403. The van der Waals surface area contributed by atoms with Crippen LogP contribution in [0.3, 0.4) is 0 Å². The molecule has 2 heterocycles. The third kappa shape index (κ3) is 2.61. The lowest BCUT2D eigenvalue weighted by Gasteiger charge is -2.05. The van der Waals surface area contributed by atoms with Crippen LogP contribution in [-0.2, 0) is 0 Å². The lowest BCUT2D eigenvalue weighted by atomic mass is 10.1. The molecule has 0 saturated carbocycles. The van der Waals surface area contributed by atoms with Crippen LogP contribution in [0.1, 0.15) is 11.3 Å². The van der Waals surface area contributed by atoms with Crippen molar-refractivity contribution in [3.63, 3.8) is 0 Å². The lowest BCUT2D eigenvalue weighted by molar-refractivity contribution is 1.28. The maximum atomic E-state index is 6.02. The summed E-state index contributed by atoms with van der Waals surface area (Å²) in [5.74, 6) is 0. The number of rotatable bonds is 3. The van der Waals surface area contributed by atoms with Gasteiger partial charge in [0.2, 0.25) is 0 Å². The van der Waals surface area contributed by atoms with Crippen molar-refractivity contribution in [3.05, 3.63) is 71.0 Å². The Hall–Kier alpha value is -2.85. The first-order chi connectivity index (χ1) is 11.7. The number of hydrazone groups is 1. The number of aryl methyl sites for hydroxylation is 1. The van der Waals surface area contributed by atoms with Gasteiger partial charge in [-0.05, 0) is 37.3 Å². The molecule has 4 nitrogen and oxygen atoms in total. The van der Waals surface area contributed by atoms with E-state index in [-0.39, 0.29) is 0 Å². The smallest absolute Gasteiger partial charge is 0.0738 e. The van der Waals surface area contributed by atoms with Crippen molar-refractivity contribution >= 4 is 45.3 Å². The zero-order chi connectivity index (χ0) is 16.5. The van der Waals surface area contributed by atoms with E-state index >= 15 is 0 Å². The zero-order valence-electron chi connectivity index (χ0n) is 13.0. The van der Waals surface area contributed by atoms with Gasteiger partial charge in [0.15, 0.2) is 0 Å². The summed E-state index contributed by atoms with van der Waals surface area (Å²) in [7, 11) is 0. The molecule has 0 spiro atoms. The van der Waals surface area contributed by atoms with Crippen LogP contribution < -0.4 is 5.43 Å². The molecule has 0 aliphatic heterocycles. The van der Waals surface area contributed by atoms with E-state index < -0.39 is 0 Å². The third-order valence-corrected chi connectivity index (χ3v) is 4.26. The molecule has 0 aliphatic carbocycles. The predicted octanol–water partition coefficient (Wildman–Crippen LogP) is 5.12. The number of pyridine rings is 1. The van der Waals surface area contributed by atoms with Crippen LogP contribution in [0, 0.1) is 6.92 Å². The molecule has 0 amide bonds. The molecular weight excluding hydrogens is 320 g/mol. The summed E-state index contributed by atoms with van der Waals surface area (Å²) in [6.45, 7) is 2.05. The first-order valence-electron chi connectivity index (χ1n) is 7.63. The summed E-state index contributed by atoms with van der Waals surface area (Å²) in [5, 5.41) is 7.22. The number of nitrogens with zero attached hydrogens (tertiary/aromatic N) is 2. The number of benzene rings is 2. The number of aromatic amines is 1. The first-order valence-corrected chi connectivity index (χ1v) is 8.01. The molecule has 118 valence electrons. The number of hydrogen-bond donors (Lipinski definition) is 2. The Balaban J connectivity index is 1.67. The fourth-order valence-corrected chi connectivity index (χ4v) is 3.02. The van der Waals surface area contributed by atoms with E-state index in [1.54, 1.807) is 6.20 Å². The summed E-state index contributed by atoms with van der Waals surface area (Å²) in [6, 6.07) is 15.7. The van der Waals surface area contributed by atoms with Gasteiger partial charge in [0.25, 0.3) is 0 Å². The summed E-state index contributed by atoms with van der Waals surface area (Å²) >= 11 is 6.02. The standard InChI is InChI=1S/C19H15ClN4/c1-12-16(14-4-2-3-5-17(14)23-12)11-22-24-18-8-9-21-19-10-13(20)6-7-15(18)19/h2-11,23H,1H3,(H,21,24). The number of halogens is 1. The van der Waals surface area contributed by atoms with Gasteiger partial charge in [-0.3, -0.25) is 10.4 Å². The zero-order valence-corrected chi connectivity index (χ0v) is 13.8. The Morgan fingerprint density at radius 1 is 1.12 bits per heavy atom. The van der Waals surface area contributed by atoms with Gasteiger partial charge in [-0.1, -0.05) is 29.8 Å². The third-order valence-electron chi connectivity index (χ3n) is 4.03. The van der Waals surface area contributed by atoms with Gasteiger partial charge in [-0.2, -0.15) is 5.10 Å². The van der Waals surface area contributed by atoms with E-state index in [4.69, 9.17) is 11.6 Å². The molecule has 2 N–H and O–H groups in total. The molecule has 0 atom stereocenters. The van der Waals surface area contributed by atoms with Gasteiger partial charge in [0.05, 0.1) is 17.4 Å². The minimum atomic E-state index is 0.671. The molecule has 0 radical (unpaired) electrons. The van der Waals surface area contributed by atoms with Crippen molar-refractivity contribution in [2.75, 3.05) is 5.43 Å². The number of aromatic nitrogens is 2. The number of para-hydroxylation sites is 1. The highest BCUT2D eigenvalue weighted by atomic mass is 35.5. The Morgan fingerprint density at radius 2 is 2.00 bits per heavy atom. The monoisotopic (exact) mass is 334 g/mol. The molecule has 4 aromatic rings. The minimum absolute atomic E-state index is 0.671. The van der Waals surface area contributed by atoms with Crippen molar-refractivity contribution in [2.24, 2.45) is 5.10 Å². The van der Waals surface area contributed by atoms with Gasteiger partial charge in [-0.25, -0.2) is 0 Å². The van der Waals surface area contributed by atoms with Gasteiger partial charge < -0.3 is 4.98 Å². The lowest BCUT2D eigenvalue weighted by Crippen LogP contribution is -1.93. The van der Waals surface area contributed by atoms with Crippen molar-refractivity contribution in [1.82, 2.24) is 9.97 Å². The van der Waals surface area contributed by atoms with Crippen LogP contribution in [0.5, 0.6) is 0 Å². The summed E-state index contributed by atoms with van der Waals surface area (Å²) in [5.41, 5.74) is 8.13. The Labute approximate surface area is 144 Å². The van der Waals surface area contributed by atoms with Crippen molar-refractivity contribution in [1.29, 1.82) is 0 Å². The molecule has 0 unspecified atom stereocenters. The van der Waals surface area contributed by atoms with Gasteiger partial charge >= 0.3 is 0 Å². The van der Waals surface area contributed by atoms with E-state index in [2.05, 4.69) is 32.6 Å². The van der Waals surface area contributed by atoms with E-state index in [0.29, 0.717) is 5.02 Å². The van der Waals surface area contributed by atoms with Crippen LogP contribution in [-0.4, -0.2) is 16.2 Å². The molecule has 0 aliphatic rings. The van der Waals surface area contributed by atoms with E-state index in [1.165, 1.54) is 0 Å². The fraction of sp³-hybridized carbons (Fsp3) is 0.0526. The number of nitrogens with one attached hydrogen (secondary N) is 2. The van der Waals surface area contributed by atoms with E-state index in [0.717, 1.165) is 38.8 Å². The number of hydrogen-bond acceptors (Lipinski definition) is 3. The van der Waals surface area contributed by atoms with Crippen LogP contribution in [0.15, 0.2) is 59.8 Å². The Morgan fingerprint density at radius 3 is 2.92 bits per heavy atom. The van der Waals surface area contributed by atoms with Crippen molar-refractivity contribution < 1.29 is 0 Å². The molecule has 24 heavy (non-hydrogen) atoms. The summed E-state index contributed by atoms with van der Waals surface area (Å²) < 4.78 is 0. The highest BCUT2D eigenvalue weighted by molar-refractivity contribution is 6.31. The van der Waals surface area contributed by atoms with E-state index in [9.17, 15) is 0 Å². The molecule has 0 bridgehead atoms. The number of fused-ring (bicyclic) bond motifs is 2. The molecular formula is C19H15ClN4. The van der Waals surface area contributed by atoms with Crippen LogP contribution >= 0.6 is 11.6 Å². The first kappa shape index (κ1) is 14.7. The highest BCUT2D eigenvalue weighted by Gasteiger charge is 2.05. The van der Waals surface area contributed by atoms with Gasteiger partial charge in [0.1, 0.15) is 0 Å². The molecule has 2 aromatic heterocycles. The van der Waals surface area contributed by atoms with Gasteiger partial charge in [0, 0.05) is 38.8 Å². The number of H-pyrrole nitrogens is 1. The fourth-order valence-electron chi connectivity index (χ4n) is 2.85. The second-order valence-corrected chi connectivity index (χ2v) is 6.04. The maximum absolute atomic E-state index is 6.02. The van der Waals surface area contributed by atoms with Crippen molar-refractivity contribution in [2.45, 2.75) is 6.92 Å². The number of anilines is 1. The topological polar surface area (TPSA) is 53.1 Å². The average molecular weight is 335 g/mol. The van der Waals surface area contributed by atoms with Crippen LogP contribution in [0.25, 0.3) is 21.8 Å². The Kier molecular flexibility index (Phi) is 3.67. The molecule has 5 heteroatoms. The second kappa shape index (κ2) is 5.98. The van der Waals surface area contributed by atoms with Crippen molar-refractivity contribution in [3.8, 4) is 0 Å². The van der Waals surface area contributed by atoms with Crippen LogP contribution in [0.2, 0.25) is 5.02 Å². The molecule has 4 rings (SSSR count). The summed E-state index contributed by atoms with van der Waals surface area (Å²) in [6.07, 6.45) is 3.59. The summed E-state index contributed by atoms with van der Waals surface area (Å²) in [4.78, 5) is 7.70. The molecule has 0 fully saturated rings. The normalized spacial score (nSPS) is 11.6. The average Bonchev–Trinajstić information content (AvgIpc) is 2.90. The van der Waals surface area contributed by atoms with E-state index in [1.807, 2.05) is 49.5 Å². The Bertz CT molecular complexity index is 1070. The molecule has 2 aromatic carbocycles. The minimum Gasteiger partial charge on any atom is -0.358 e. The second-order valence-electron chi connectivity index (χ2n) is 5.60. The molecule has 0 saturated heterocycles. The largest absolute Gasteiger partial charge is 0.358 e.